The van der Waals surface area contributed by atoms with Gasteiger partial charge >= 0.3 is 6.03 Å². The minimum atomic E-state index is -0.446. The first kappa shape index (κ1) is 20.0. The molecule has 4 amide bonds. The highest BCUT2D eigenvalue weighted by atomic mass is 35.5. The smallest absolute Gasteiger partial charge is 0.321 e. The molecule has 2 rings (SSSR count). The quantitative estimate of drug-likeness (QED) is 0.775. The second-order valence-corrected chi connectivity index (χ2v) is 6.12. The first-order valence-electron chi connectivity index (χ1n) is 7.93. The summed E-state index contributed by atoms with van der Waals surface area (Å²) in [7, 11) is 1.47. The van der Waals surface area contributed by atoms with Gasteiger partial charge in [0.15, 0.2) is 0 Å². The predicted molar refractivity (Wildman–Crippen MR) is 93.7 cm³/mol. The number of hydrogen-bond acceptors (Lipinski definition) is 3. The number of hydrogen-bond donors (Lipinski definition) is 3. The Morgan fingerprint density at radius 2 is 1.96 bits per heavy atom. The lowest BCUT2D eigenvalue weighted by molar-refractivity contribution is -0.126. The zero-order valence-corrected chi connectivity index (χ0v) is 14.8. The van der Waals surface area contributed by atoms with E-state index in [2.05, 4.69) is 10.6 Å². The summed E-state index contributed by atoms with van der Waals surface area (Å²) in [6.45, 7) is 1.88. The van der Waals surface area contributed by atoms with Crippen LogP contribution in [0.25, 0.3) is 0 Å². The molecule has 1 aliphatic carbocycles. The molecule has 1 aliphatic rings. The molecule has 1 aromatic carbocycles. The lowest BCUT2D eigenvalue weighted by atomic mass is 9.64. The Labute approximate surface area is 147 Å². The molecule has 0 atom stereocenters. The zero-order chi connectivity index (χ0) is 18.2. The van der Waals surface area contributed by atoms with Gasteiger partial charge in [0, 0.05) is 18.5 Å². The summed E-state index contributed by atoms with van der Waals surface area (Å²) in [6, 6.07) is 6.99. The summed E-state index contributed by atoms with van der Waals surface area (Å²) < 4.78 is 0. The second-order valence-electron chi connectivity index (χ2n) is 5.69. The van der Waals surface area contributed by atoms with Crippen molar-refractivity contribution in [2.24, 2.45) is 5.73 Å². The van der Waals surface area contributed by atoms with E-state index in [1.165, 1.54) is 7.05 Å². The lowest BCUT2D eigenvalue weighted by Crippen LogP contribution is -2.46. The third-order valence-electron chi connectivity index (χ3n) is 4.01. The van der Waals surface area contributed by atoms with E-state index in [1.807, 2.05) is 25.1 Å². The van der Waals surface area contributed by atoms with E-state index in [1.54, 1.807) is 6.07 Å². The van der Waals surface area contributed by atoms with E-state index in [0.717, 1.165) is 31.2 Å². The summed E-state index contributed by atoms with van der Waals surface area (Å²) in [5, 5.41) is 5.09. The van der Waals surface area contributed by atoms with Crippen LogP contribution in [0.2, 0.25) is 5.02 Å². The van der Waals surface area contributed by atoms with Crippen LogP contribution in [0.4, 0.5) is 4.79 Å². The molecule has 132 valence electrons. The SMILES string of the molecule is CCCC(=O)NC(=O)NC.NC(=O)C1(c2cccc(Cl)c2)CCC1. The molecular formula is C17H24ClN3O3. The van der Waals surface area contributed by atoms with Crippen LogP contribution in [0.1, 0.15) is 44.6 Å². The number of amides is 4. The van der Waals surface area contributed by atoms with Gasteiger partial charge in [0.05, 0.1) is 5.41 Å². The van der Waals surface area contributed by atoms with E-state index in [9.17, 15) is 14.4 Å². The van der Waals surface area contributed by atoms with Gasteiger partial charge in [0.2, 0.25) is 11.8 Å². The maximum atomic E-state index is 11.4. The Bertz CT molecular complexity index is 600. The first-order valence-corrected chi connectivity index (χ1v) is 8.31. The van der Waals surface area contributed by atoms with Gasteiger partial charge in [0.1, 0.15) is 0 Å². The maximum Gasteiger partial charge on any atom is 0.321 e. The third kappa shape index (κ3) is 5.23. The van der Waals surface area contributed by atoms with Crippen LogP contribution in [0.3, 0.4) is 0 Å². The molecule has 1 aromatic rings. The molecule has 0 aliphatic heterocycles. The average Bonchev–Trinajstić information content (AvgIpc) is 2.46. The zero-order valence-electron chi connectivity index (χ0n) is 14.0. The number of nitrogens with two attached hydrogens (primary N) is 1. The fraction of sp³-hybridized carbons (Fsp3) is 0.471. The van der Waals surface area contributed by atoms with Crippen molar-refractivity contribution in [3.05, 3.63) is 34.9 Å². The minimum absolute atomic E-state index is 0.231. The van der Waals surface area contributed by atoms with Crippen molar-refractivity contribution in [2.45, 2.75) is 44.4 Å². The molecule has 0 unspecified atom stereocenters. The molecule has 0 aromatic heterocycles. The summed E-state index contributed by atoms with van der Waals surface area (Å²) in [6.07, 6.45) is 3.91. The van der Waals surface area contributed by atoms with E-state index in [-0.39, 0.29) is 11.8 Å². The van der Waals surface area contributed by atoms with Gasteiger partial charge in [-0.2, -0.15) is 0 Å². The summed E-state index contributed by atoms with van der Waals surface area (Å²) >= 11 is 5.88. The van der Waals surface area contributed by atoms with Crippen LogP contribution in [0.15, 0.2) is 24.3 Å². The van der Waals surface area contributed by atoms with Crippen LogP contribution >= 0.6 is 11.6 Å². The lowest BCUT2D eigenvalue weighted by Gasteiger charge is -2.39. The second kappa shape index (κ2) is 9.27. The number of benzene rings is 1. The fourth-order valence-electron chi connectivity index (χ4n) is 2.47. The van der Waals surface area contributed by atoms with Crippen molar-refractivity contribution in [1.29, 1.82) is 0 Å². The van der Waals surface area contributed by atoms with Crippen molar-refractivity contribution >= 4 is 29.4 Å². The Kier molecular flexibility index (Phi) is 7.71. The topological polar surface area (TPSA) is 101 Å². The van der Waals surface area contributed by atoms with Crippen molar-refractivity contribution < 1.29 is 14.4 Å². The van der Waals surface area contributed by atoms with Crippen LogP contribution in [0, 0.1) is 0 Å². The third-order valence-corrected chi connectivity index (χ3v) is 4.25. The molecule has 0 radical (unpaired) electrons. The molecule has 6 nitrogen and oxygen atoms in total. The molecule has 7 heteroatoms. The number of rotatable bonds is 4. The van der Waals surface area contributed by atoms with E-state index >= 15 is 0 Å². The van der Waals surface area contributed by atoms with Gasteiger partial charge in [-0.05, 0) is 37.0 Å². The van der Waals surface area contributed by atoms with Gasteiger partial charge in [-0.3, -0.25) is 14.9 Å². The highest BCUT2D eigenvalue weighted by Gasteiger charge is 2.44. The fourth-order valence-corrected chi connectivity index (χ4v) is 2.66. The number of urea groups is 1. The van der Waals surface area contributed by atoms with Gasteiger partial charge in [-0.1, -0.05) is 37.1 Å². The number of halogens is 1. The molecule has 0 heterocycles. The minimum Gasteiger partial charge on any atom is -0.369 e. The van der Waals surface area contributed by atoms with Gasteiger partial charge in [-0.15, -0.1) is 0 Å². The van der Waals surface area contributed by atoms with Gasteiger partial charge in [-0.25, -0.2) is 4.79 Å². The highest BCUT2D eigenvalue weighted by Crippen LogP contribution is 2.43. The van der Waals surface area contributed by atoms with Crippen molar-refractivity contribution in [2.75, 3.05) is 7.05 Å². The molecule has 1 fully saturated rings. The molecule has 24 heavy (non-hydrogen) atoms. The monoisotopic (exact) mass is 353 g/mol. The number of carbonyl (C=O) groups excluding carboxylic acids is 3. The average molecular weight is 354 g/mol. The highest BCUT2D eigenvalue weighted by molar-refractivity contribution is 6.30. The Hall–Kier alpha value is -2.08. The Morgan fingerprint density at radius 3 is 2.38 bits per heavy atom. The Morgan fingerprint density at radius 1 is 1.29 bits per heavy atom. The molecule has 0 saturated heterocycles. The van der Waals surface area contributed by atoms with Crippen LogP contribution in [-0.2, 0) is 15.0 Å². The number of nitrogens with one attached hydrogen (secondary N) is 2. The van der Waals surface area contributed by atoms with E-state index < -0.39 is 11.4 Å². The summed E-state index contributed by atoms with van der Waals surface area (Å²) in [5.74, 6) is -0.465. The van der Waals surface area contributed by atoms with Crippen LogP contribution in [0.5, 0.6) is 0 Å². The number of primary amides is 1. The number of imide groups is 1. The number of carbonyl (C=O) groups is 3. The molecule has 4 N–H and O–H groups in total. The first-order chi connectivity index (χ1) is 11.4. The standard InChI is InChI=1S/C11H12ClNO.C6H12N2O2/c12-9-4-1-3-8(7-9)11(10(13)14)5-2-6-11;1-3-4-5(9)8-6(10)7-2/h1,3-4,7H,2,5-6H2,(H2,13,14);3-4H2,1-2H3,(H2,7,8,9,10). The van der Waals surface area contributed by atoms with E-state index in [4.69, 9.17) is 17.3 Å². The van der Waals surface area contributed by atoms with Gasteiger partial charge in [0.25, 0.3) is 0 Å². The molecular weight excluding hydrogens is 330 g/mol. The Balaban J connectivity index is 0.000000257. The van der Waals surface area contributed by atoms with E-state index in [0.29, 0.717) is 11.4 Å². The molecule has 0 bridgehead atoms. The summed E-state index contributed by atoms with van der Waals surface area (Å²) in [4.78, 5) is 32.5. The van der Waals surface area contributed by atoms with Gasteiger partial charge < -0.3 is 11.1 Å². The predicted octanol–water partition coefficient (Wildman–Crippen LogP) is 2.49. The van der Waals surface area contributed by atoms with Crippen LogP contribution in [-0.4, -0.2) is 24.9 Å². The largest absolute Gasteiger partial charge is 0.369 e. The van der Waals surface area contributed by atoms with Crippen molar-refractivity contribution in [3.8, 4) is 0 Å². The molecule has 1 saturated carbocycles. The molecule has 0 spiro atoms. The van der Waals surface area contributed by atoms with Crippen molar-refractivity contribution in [1.82, 2.24) is 10.6 Å². The maximum absolute atomic E-state index is 11.4. The van der Waals surface area contributed by atoms with Crippen LogP contribution < -0.4 is 16.4 Å². The summed E-state index contributed by atoms with van der Waals surface area (Å²) in [5.41, 5.74) is 5.96. The van der Waals surface area contributed by atoms with Crippen molar-refractivity contribution in [3.63, 3.8) is 0 Å². The normalized spacial score (nSPS) is 14.5.